The van der Waals surface area contributed by atoms with Crippen molar-refractivity contribution in [3.05, 3.63) is 23.8 Å². The Morgan fingerprint density at radius 2 is 2.04 bits per heavy atom. The lowest BCUT2D eigenvalue weighted by molar-refractivity contribution is -0.195. The summed E-state index contributed by atoms with van der Waals surface area (Å²) in [4.78, 5) is 35.4. The molecule has 3 saturated carbocycles. The first kappa shape index (κ1) is 18.7. The van der Waals surface area contributed by atoms with Crippen molar-refractivity contribution in [3.8, 4) is 0 Å². The second-order valence-electron chi connectivity index (χ2n) is 9.56. The van der Waals surface area contributed by atoms with Gasteiger partial charge in [-0.1, -0.05) is 25.5 Å². The van der Waals surface area contributed by atoms with Crippen LogP contribution in [0.5, 0.6) is 0 Å². The summed E-state index contributed by atoms with van der Waals surface area (Å²) < 4.78 is 16.8. The second kappa shape index (κ2) is 5.69. The molecule has 8 atom stereocenters. The van der Waals surface area contributed by atoms with Crippen LogP contribution in [-0.2, 0) is 14.4 Å². The highest BCUT2D eigenvalue weighted by Crippen LogP contribution is 2.69. The topological polar surface area (TPSA) is 71.4 Å². The minimum Gasteiger partial charge on any atom is -0.390 e. The molecule has 0 spiro atoms. The normalized spacial score (nSPS) is 51.1. The summed E-state index contributed by atoms with van der Waals surface area (Å²) in [5.41, 5.74) is -2.72. The number of aldehydes is 1. The molecule has 0 heterocycles. The Bertz CT molecular complexity index is 785. The Morgan fingerprint density at radius 1 is 1.33 bits per heavy atom. The number of hydrogen-bond donors (Lipinski definition) is 1. The number of aliphatic hydroxyl groups excluding tert-OH is 1. The van der Waals surface area contributed by atoms with Gasteiger partial charge in [-0.15, -0.1) is 0 Å². The monoisotopic (exact) mass is 374 g/mol. The molecule has 4 aliphatic carbocycles. The zero-order valence-corrected chi connectivity index (χ0v) is 16.1. The van der Waals surface area contributed by atoms with Crippen LogP contribution in [0.3, 0.4) is 0 Å². The third-order valence-corrected chi connectivity index (χ3v) is 8.40. The van der Waals surface area contributed by atoms with Gasteiger partial charge >= 0.3 is 0 Å². The number of aliphatic hydroxyl groups is 1. The van der Waals surface area contributed by atoms with Gasteiger partial charge in [0.15, 0.2) is 23.5 Å². The number of carbonyl (C=O) groups is 3. The summed E-state index contributed by atoms with van der Waals surface area (Å²) in [6.45, 7) is 5.69. The van der Waals surface area contributed by atoms with E-state index in [4.69, 9.17) is 0 Å². The SMILES string of the molecule is C[C@@H]1C[C@H]2[C@@H]3CCC4=CC(=O)C=C[C@]4(C)[C@@]3(F)[C@@H](O)C[C@@]2(C)[C@H]1C(=O)C=O. The zero-order valence-electron chi connectivity index (χ0n) is 16.1. The van der Waals surface area contributed by atoms with E-state index in [1.54, 1.807) is 13.0 Å². The number of halogens is 1. The summed E-state index contributed by atoms with van der Waals surface area (Å²) in [6.07, 6.45) is 5.70. The standard InChI is InChI=1S/C22H27FO4/c1-12-8-16-15-5-4-13-9-14(25)6-7-21(13,3)22(15,23)18(27)10-20(16,2)19(12)17(26)11-24/h6-7,9,11-12,15-16,18-19,27H,4-5,8,10H2,1-3H3/t12-,15+,16+,18+,19-,20-,21+,22+/m1/s1. The van der Waals surface area contributed by atoms with Crippen LogP contribution in [0.15, 0.2) is 23.8 Å². The lowest BCUT2D eigenvalue weighted by atomic mass is 9.45. The van der Waals surface area contributed by atoms with E-state index in [9.17, 15) is 19.5 Å². The molecule has 0 aromatic carbocycles. The highest BCUT2D eigenvalue weighted by molar-refractivity contribution is 6.26. The quantitative estimate of drug-likeness (QED) is 0.596. The number of allylic oxidation sites excluding steroid dienone is 4. The van der Waals surface area contributed by atoms with Gasteiger partial charge in [0.05, 0.1) is 6.10 Å². The van der Waals surface area contributed by atoms with Crippen molar-refractivity contribution in [2.24, 2.45) is 34.5 Å². The van der Waals surface area contributed by atoms with Crippen LogP contribution in [0.25, 0.3) is 0 Å². The highest BCUT2D eigenvalue weighted by Gasteiger charge is 2.71. The van der Waals surface area contributed by atoms with Gasteiger partial charge < -0.3 is 5.11 Å². The molecule has 0 radical (unpaired) electrons. The van der Waals surface area contributed by atoms with Crippen molar-refractivity contribution in [3.63, 3.8) is 0 Å². The molecule has 0 bridgehead atoms. The molecule has 0 unspecified atom stereocenters. The Labute approximate surface area is 158 Å². The number of rotatable bonds is 2. The van der Waals surface area contributed by atoms with Crippen LogP contribution >= 0.6 is 0 Å². The van der Waals surface area contributed by atoms with Crippen LogP contribution in [-0.4, -0.2) is 34.7 Å². The summed E-state index contributed by atoms with van der Waals surface area (Å²) in [6, 6.07) is 0. The second-order valence-corrected chi connectivity index (χ2v) is 9.56. The first-order chi connectivity index (χ1) is 12.6. The van der Waals surface area contributed by atoms with Crippen molar-refractivity contribution in [1.29, 1.82) is 0 Å². The van der Waals surface area contributed by atoms with E-state index in [0.717, 1.165) is 5.57 Å². The van der Waals surface area contributed by atoms with Crippen molar-refractivity contribution in [2.45, 2.75) is 58.2 Å². The van der Waals surface area contributed by atoms with Gasteiger partial charge in [-0.25, -0.2) is 4.39 Å². The fourth-order valence-corrected chi connectivity index (χ4v) is 7.26. The number of Topliss-reactive ketones (excluding diaryl/α,β-unsaturated/α-hetero) is 1. The van der Waals surface area contributed by atoms with E-state index in [1.165, 1.54) is 12.2 Å². The third-order valence-electron chi connectivity index (χ3n) is 8.40. The molecule has 4 nitrogen and oxygen atoms in total. The number of carbonyl (C=O) groups excluding carboxylic acids is 3. The lowest BCUT2D eigenvalue weighted by Crippen LogP contribution is -2.66. The fourth-order valence-electron chi connectivity index (χ4n) is 7.26. The van der Waals surface area contributed by atoms with Crippen molar-refractivity contribution in [1.82, 2.24) is 0 Å². The molecule has 0 aliphatic heterocycles. The molecule has 3 fully saturated rings. The van der Waals surface area contributed by atoms with Crippen LogP contribution in [0.2, 0.25) is 0 Å². The van der Waals surface area contributed by atoms with Gasteiger partial charge in [-0.2, -0.15) is 0 Å². The molecule has 146 valence electrons. The zero-order chi connectivity index (χ0) is 19.8. The Kier molecular flexibility index (Phi) is 3.95. The number of ketones is 2. The summed E-state index contributed by atoms with van der Waals surface area (Å²) in [7, 11) is 0. The van der Waals surface area contributed by atoms with Crippen LogP contribution in [0.1, 0.15) is 46.5 Å². The predicted molar refractivity (Wildman–Crippen MR) is 97.5 cm³/mol. The van der Waals surface area contributed by atoms with E-state index in [-0.39, 0.29) is 24.0 Å². The van der Waals surface area contributed by atoms with E-state index in [0.29, 0.717) is 25.5 Å². The average Bonchev–Trinajstić information content (AvgIpc) is 2.86. The van der Waals surface area contributed by atoms with Crippen LogP contribution < -0.4 is 0 Å². The molecular weight excluding hydrogens is 347 g/mol. The average molecular weight is 374 g/mol. The lowest BCUT2D eigenvalue weighted by Gasteiger charge is -2.61. The minimum absolute atomic E-state index is 0.0135. The maximum atomic E-state index is 16.8. The number of fused-ring (bicyclic) bond motifs is 5. The first-order valence-electron chi connectivity index (χ1n) is 9.90. The van der Waals surface area contributed by atoms with E-state index in [1.807, 2.05) is 13.8 Å². The van der Waals surface area contributed by atoms with Crippen molar-refractivity contribution in [2.75, 3.05) is 0 Å². The van der Waals surface area contributed by atoms with Crippen LogP contribution in [0, 0.1) is 34.5 Å². The summed E-state index contributed by atoms with van der Waals surface area (Å²) in [5, 5.41) is 11.1. The molecule has 27 heavy (non-hydrogen) atoms. The maximum Gasteiger partial charge on any atom is 0.199 e. The van der Waals surface area contributed by atoms with Crippen molar-refractivity contribution < 1.29 is 23.9 Å². The molecule has 0 amide bonds. The molecule has 4 rings (SSSR count). The first-order valence-corrected chi connectivity index (χ1v) is 9.90. The molecule has 0 saturated heterocycles. The highest BCUT2D eigenvalue weighted by atomic mass is 19.1. The molecule has 0 aromatic heterocycles. The van der Waals surface area contributed by atoms with Crippen molar-refractivity contribution >= 4 is 17.9 Å². The van der Waals surface area contributed by atoms with Gasteiger partial charge in [-0.05, 0) is 62.0 Å². The van der Waals surface area contributed by atoms with E-state index in [2.05, 4.69) is 0 Å². The Balaban J connectivity index is 1.81. The Morgan fingerprint density at radius 3 is 2.70 bits per heavy atom. The van der Waals surface area contributed by atoms with Gasteiger partial charge in [-0.3, -0.25) is 14.4 Å². The fraction of sp³-hybridized carbons (Fsp3) is 0.682. The minimum atomic E-state index is -1.88. The van der Waals surface area contributed by atoms with Crippen LogP contribution in [0.4, 0.5) is 4.39 Å². The largest absolute Gasteiger partial charge is 0.390 e. The molecule has 5 heteroatoms. The van der Waals surface area contributed by atoms with Gasteiger partial charge in [0.2, 0.25) is 0 Å². The molecular formula is C22H27FO4. The predicted octanol–water partition coefficient (Wildman–Crippen LogP) is 2.99. The van der Waals surface area contributed by atoms with Gasteiger partial charge in [0.25, 0.3) is 0 Å². The molecule has 1 N–H and O–H groups in total. The van der Waals surface area contributed by atoms with Gasteiger partial charge in [0, 0.05) is 17.3 Å². The van der Waals surface area contributed by atoms with Gasteiger partial charge in [0.1, 0.15) is 0 Å². The number of hydrogen-bond acceptors (Lipinski definition) is 4. The summed E-state index contributed by atoms with van der Waals surface area (Å²) in [5.74, 6) is -1.52. The van der Waals surface area contributed by atoms with E-state index < -0.39 is 40.2 Å². The maximum absolute atomic E-state index is 16.8. The third kappa shape index (κ3) is 2.15. The smallest absolute Gasteiger partial charge is 0.199 e. The molecule has 0 aromatic rings. The Hall–Kier alpha value is -1.62. The number of alkyl halides is 1. The van der Waals surface area contributed by atoms with E-state index >= 15 is 4.39 Å². The molecule has 4 aliphatic rings. The summed E-state index contributed by atoms with van der Waals surface area (Å²) >= 11 is 0.